The number of hydrogen-bond acceptors (Lipinski definition) is 5. The van der Waals surface area contributed by atoms with Crippen molar-refractivity contribution >= 4 is 62.8 Å². The van der Waals surface area contributed by atoms with Gasteiger partial charge in [0, 0.05) is 27.6 Å². The second kappa shape index (κ2) is 12.4. The zero-order valence-corrected chi connectivity index (χ0v) is 28.1. The number of nitrogens with one attached hydrogen (secondary N) is 1. The Hall–Kier alpha value is -6.98. The molecule has 3 heterocycles. The van der Waals surface area contributed by atoms with Crippen molar-refractivity contribution in [3.63, 3.8) is 0 Å². The van der Waals surface area contributed by atoms with Gasteiger partial charge < -0.3 is 14.6 Å². The molecule has 1 aromatic heterocycles. The first-order chi connectivity index (χ1) is 25.7. The lowest BCUT2D eigenvalue weighted by molar-refractivity contribution is 0.669. The molecule has 0 saturated carbocycles. The Kier molecular flexibility index (Phi) is 7.14. The number of rotatable bonds is 5. The van der Waals surface area contributed by atoms with Crippen molar-refractivity contribution in [2.75, 3.05) is 4.90 Å². The molecule has 5 heteroatoms. The smallest absolute Gasteiger partial charge is 0.159 e. The van der Waals surface area contributed by atoms with Crippen LogP contribution in [0.2, 0.25) is 0 Å². The summed E-state index contributed by atoms with van der Waals surface area (Å²) in [6.07, 6.45) is 4.18. The van der Waals surface area contributed by atoms with Crippen molar-refractivity contribution in [3.05, 3.63) is 198 Å². The SMILES string of the molecule is C1=Cc2cc(-c3ccc4oc5ccccc5c4c3)ccc2N(c2cccc(C3=NC(c4ccccc4)=NC(c4ccccc4)N3)c2)c2ccccc21. The van der Waals surface area contributed by atoms with Gasteiger partial charge >= 0.3 is 0 Å². The molecule has 1 N–H and O–H groups in total. The van der Waals surface area contributed by atoms with E-state index in [-0.39, 0.29) is 6.17 Å². The Labute approximate surface area is 301 Å². The molecule has 0 radical (unpaired) electrons. The Morgan fingerprint density at radius 1 is 0.500 bits per heavy atom. The van der Waals surface area contributed by atoms with Gasteiger partial charge in [0.25, 0.3) is 0 Å². The minimum Gasteiger partial charge on any atom is -0.456 e. The zero-order valence-electron chi connectivity index (χ0n) is 28.1. The highest BCUT2D eigenvalue weighted by Gasteiger charge is 2.24. The molecule has 0 spiro atoms. The van der Waals surface area contributed by atoms with Crippen LogP contribution >= 0.6 is 0 Å². The van der Waals surface area contributed by atoms with E-state index < -0.39 is 0 Å². The normalized spacial score (nSPS) is 15.0. The van der Waals surface area contributed by atoms with Crippen LogP contribution < -0.4 is 10.2 Å². The van der Waals surface area contributed by atoms with E-state index in [2.05, 4.69) is 144 Å². The van der Waals surface area contributed by atoms with E-state index in [0.717, 1.165) is 83.8 Å². The van der Waals surface area contributed by atoms with E-state index in [1.54, 1.807) is 0 Å². The van der Waals surface area contributed by atoms with E-state index in [4.69, 9.17) is 14.4 Å². The number of hydrogen-bond donors (Lipinski definition) is 1. The number of anilines is 3. The lowest BCUT2D eigenvalue weighted by Crippen LogP contribution is -2.33. The maximum atomic E-state index is 6.12. The summed E-state index contributed by atoms with van der Waals surface area (Å²) in [5.41, 5.74) is 12.7. The molecular weight excluding hydrogens is 637 g/mol. The number of furan rings is 1. The molecule has 10 rings (SSSR count). The van der Waals surface area contributed by atoms with Crippen molar-refractivity contribution in [1.82, 2.24) is 5.32 Å². The minimum atomic E-state index is -0.269. The average molecular weight is 669 g/mol. The van der Waals surface area contributed by atoms with Crippen LogP contribution in [0.5, 0.6) is 0 Å². The number of amidine groups is 2. The van der Waals surface area contributed by atoms with Crippen molar-refractivity contribution < 1.29 is 4.42 Å². The Bertz CT molecular complexity index is 2720. The van der Waals surface area contributed by atoms with Crippen LogP contribution in [-0.2, 0) is 0 Å². The minimum absolute atomic E-state index is 0.269. The lowest BCUT2D eigenvalue weighted by atomic mass is 9.99. The first kappa shape index (κ1) is 29.9. The third-order valence-corrected chi connectivity index (χ3v) is 9.87. The first-order valence-electron chi connectivity index (χ1n) is 17.5. The summed E-state index contributed by atoms with van der Waals surface area (Å²) in [5, 5.41) is 5.89. The lowest BCUT2D eigenvalue weighted by Gasteiger charge is -2.28. The molecule has 2 aliphatic rings. The second-order valence-corrected chi connectivity index (χ2v) is 13.1. The summed E-state index contributed by atoms with van der Waals surface area (Å²) < 4.78 is 6.12. The van der Waals surface area contributed by atoms with Crippen molar-refractivity contribution in [2.45, 2.75) is 6.17 Å². The zero-order chi connectivity index (χ0) is 34.4. The Morgan fingerprint density at radius 3 is 2.10 bits per heavy atom. The summed E-state index contributed by atoms with van der Waals surface area (Å²) in [6.45, 7) is 0. The molecule has 5 nitrogen and oxygen atoms in total. The summed E-state index contributed by atoms with van der Waals surface area (Å²) in [7, 11) is 0. The molecule has 0 fully saturated rings. The second-order valence-electron chi connectivity index (χ2n) is 13.1. The van der Waals surface area contributed by atoms with Crippen LogP contribution in [0.3, 0.4) is 0 Å². The van der Waals surface area contributed by atoms with E-state index in [0.29, 0.717) is 5.84 Å². The molecule has 0 aliphatic carbocycles. The molecule has 1 atom stereocenters. The summed E-state index contributed by atoms with van der Waals surface area (Å²) in [6, 6.07) is 59.2. The van der Waals surface area contributed by atoms with Crippen LogP contribution in [0.1, 0.15) is 34.0 Å². The number of benzene rings is 7. The van der Waals surface area contributed by atoms with Gasteiger partial charge in [-0.1, -0.05) is 133 Å². The largest absolute Gasteiger partial charge is 0.456 e. The highest BCUT2D eigenvalue weighted by molar-refractivity contribution is 6.13. The van der Waals surface area contributed by atoms with Crippen molar-refractivity contribution in [2.24, 2.45) is 9.98 Å². The third-order valence-electron chi connectivity index (χ3n) is 9.87. The average Bonchev–Trinajstić information content (AvgIpc) is 3.50. The van der Waals surface area contributed by atoms with Crippen molar-refractivity contribution in [3.8, 4) is 11.1 Å². The molecule has 0 bridgehead atoms. The van der Waals surface area contributed by atoms with Crippen LogP contribution in [0, 0.1) is 0 Å². The van der Waals surface area contributed by atoms with Gasteiger partial charge in [0.15, 0.2) is 5.84 Å². The highest BCUT2D eigenvalue weighted by atomic mass is 16.3. The quantitative estimate of drug-likeness (QED) is 0.199. The molecule has 1 unspecified atom stereocenters. The van der Waals surface area contributed by atoms with Gasteiger partial charge in [-0.05, 0) is 76.3 Å². The van der Waals surface area contributed by atoms with Gasteiger partial charge in [-0.3, -0.25) is 0 Å². The molecule has 2 aliphatic heterocycles. The van der Waals surface area contributed by atoms with Gasteiger partial charge in [0.1, 0.15) is 23.2 Å². The predicted octanol–water partition coefficient (Wildman–Crippen LogP) is 11.7. The predicted molar refractivity (Wildman–Crippen MR) is 215 cm³/mol. The fraction of sp³-hybridized carbons (Fsp3) is 0.0213. The van der Waals surface area contributed by atoms with Crippen LogP contribution in [0.4, 0.5) is 17.1 Å². The monoisotopic (exact) mass is 668 g/mol. The topological polar surface area (TPSA) is 53.1 Å². The molecule has 246 valence electrons. The van der Waals surface area contributed by atoms with E-state index in [1.807, 2.05) is 48.5 Å². The molecule has 0 saturated heterocycles. The first-order valence-corrected chi connectivity index (χ1v) is 17.5. The van der Waals surface area contributed by atoms with Gasteiger partial charge in [-0.25, -0.2) is 9.98 Å². The van der Waals surface area contributed by atoms with E-state index >= 15 is 0 Å². The summed E-state index contributed by atoms with van der Waals surface area (Å²) in [4.78, 5) is 12.5. The van der Waals surface area contributed by atoms with E-state index in [9.17, 15) is 0 Å². The van der Waals surface area contributed by atoms with E-state index in [1.165, 1.54) is 0 Å². The summed E-state index contributed by atoms with van der Waals surface area (Å²) in [5.74, 6) is 1.49. The maximum absolute atomic E-state index is 6.12. The molecule has 8 aromatic rings. The number of nitrogens with zero attached hydrogens (tertiary/aromatic N) is 3. The van der Waals surface area contributed by atoms with Gasteiger partial charge in [-0.2, -0.15) is 0 Å². The number of fused-ring (bicyclic) bond motifs is 5. The number of para-hydroxylation sites is 2. The fourth-order valence-electron chi connectivity index (χ4n) is 7.31. The third kappa shape index (κ3) is 5.27. The van der Waals surface area contributed by atoms with Crippen LogP contribution in [0.15, 0.2) is 184 Å². The van der Waals surface area contributed by atoms with Crippen LogP contribution in [-0.4, -0.2) is 11.7 Å². The molecular formula is C47H32N4O. The maximum Gasteiger partial charge on any atom is 0.159 e. The number of aliphatic imine (C=N–C) groups is 2. The summed E-state index contributed by atoms with van der Waals surface area (Å²) >= 11 is 0. The van der Waals surface area contributed by atoms with Gasteiger partial charge in [0.05, 0.1) is 11.4 Å². The van der Waals surface area contributed by atoms with Crippen molar-refractivity contribution in [1.29, 1.82) is 0 Å². The van der Waals surface area contributed by atoms with Gasteiger partial charge in [0.2, 0.25) is 0 Å². The molecule has 7 aromatic carbocycles. The highest BCUT2D eigenvalue weighted by Crippen LogP contribution is 2.44. The van der Waals surface area contributed by atoms with Gasteiger partial charge in [-0.15, -0.1) is 0 Å². The Balaban J connectivity index is 1.07. The fourth-order valence-corrected chi connectivity index (χ4v) is 7.31. The van der Waals surface area contributed by atoms with Crippen LogP contribution in [0.25, 0.3) is 45.2 Å². The molecule has 52 heavy (non-hydrogen) atoms. The molecule has 0 amide bonds. The Morgan fingerprint density at radius 2 is 1.19 bits per heavy atom. The standard InChI is InChI=1S/C47H32N4O/c1-3-13-32(14-4-1)45-48-46(33-15-5-2-6-16-33)50-47(49-45)37-17-11-18-38(29-37)51-41-20-9-7-12-31(41)22-23-36-28-34(24-26-42(36)51)35-25-27-44-40(30-35)39-19-8-10-21-43(39)52-44/h1-30,45H,(H,48,49,50).